The highest BCUT2D eigenvalue weighted by atomic mass is 15.1. The highest BCUT2D eigenvalue weighted by Crippen LogP contribution is 2.33. The van der Waals surface area contributed by atoms with Gasteiger partial charge in [0, 0.05) is 49.0 Å². The van der Waals surface area contributed by atoms with Crippen LogP contribution in [0.15, 0.2) is 48.8 Å². The Morgan fingerprint density at radius 1 is 0.905 bits per heavy atom. The number of nitrogens with one attached hydrogen (secondary N) is 1. The molecule has 0 bridgehead atoms. The SMILES string of the molecule is Cc1[nH]nc(-c2ccc(N(C)C)cc2)c1-c1ccncc1. The van der Waals surface area contributed by atoms with Crippen molar-refractivity contribution in [2.45, 2.75) is 6.92 Å². The Balaban J connectivity index is 2.08. The minimum Gasteiger partial charge on any atom is -0.378 e. The summed E-state index contributed by atoms with van der Waals surface area (Å²) in [6.45, 7) is 2.04. The summed E-state index contributed by atoms with van der Waals surface area (Å²) in [7, 11) is 4.08. The van der Waals surface area contributed by atoms with Crippen LogP contribution in [0.25, 0.3) is 22.4 Å². The first-order chi connectivity index (χ1) is 10.2. The molecule has 2 aromatic heterocycles. The summed E-state index contributed by atoms with van der Waals surface area (Å²) in [4.78, 5) is 6.17. The molecule has 0 radical (unpaired) electrons. The summed E-state index contributed by atoms with van der Waals surface area (Å²) < 4.78 is 0. The molecule has 0 aliphatic rings. The van der Waals surface area contributed by atoms with Gasteiger partial charge in [0.1, 0.15) is 5.69 Å². The summed E-state index contributed by atoms with van der Waals surface area (Å²) in [5.41, 5.74) is 6.59. The Bertz CT molecular complexity index is 727. The Labute approximate surface area is 124 Å². The zero-order valence-electron chi connectivity index (χ0n) is 12.5. The van der Waals surface area contributed by atoms with Crippen LogP contribution < -0.4 is 4.90 Å². The molecule has 0 unspecified atom stereocenters. The number of aromatic amines is 1. The molecule has 0 atom stereocenters. The minimum atomic E-state index is 0.976. The highest BCUT2D eigenvalue weighted by Gasteiger charge is 2.14. The molecule has 0 saturated heterocycles. The van der Waals surface area contributed by atoms with Gasteiger partial charge in [-0.25, -0.2) is 0 Å². The topological polar surface area (TPSA) is 44.8 Å². The van der Waals surface area contributed by atoms with Crippen molar-refractivity contribution in [1.82, 2.24) is 15.2 Å². The van der Waals surface area contributed by atoms with E-state index in [0.717, 1.165) is 28.1 Å². The summed E-state index contributed by atoms with van der Waals surface area (Å²) >= 11 is 0. The second-order valence-corrected chi connectivity index (χ2v) is 5.25. The van der Waals surface area contributed by atoms with Crippen molar-refractivity contribution in [3.63, 3.8) is 0 Å². The van der Waals surface area contributed by atoms with Gasteiger partial charge in [0.05, 0.1) is 0 Å². The van der Waals surface area contributed by atoms with E-state index in [1.165, 1.54) is 5.69 Å². The molecular formula is C17H18N4. The zero-order chi connectivity index (χ0) is 14.8. The van der Waals surface area contributed by atoms with E-state index in [9.17, 15) is 0 Å². The van der Waals surface area contributed by atoms with E-state index in [4.69, 9.17) is 0 Å². The molecule has 106 valence electrons. The predicted molar refractivity (Wildman–Crippen MR) is 86.3 cm³/mol. The quantitative estimate of drug-likeness (QED) is 0.797. The normalized spacial score (nSPS) is 10.6. The fourth-order valence-electron chi connectivity index (χ4n) is 2.43. The fourth-order valence-corrected chi connectivity index (χ4v) is 2.43. The molecule has 0 aliphatic carbocycles. The number of pyridine rings is 1. The average molecular weight is 278 g/mol. The van der Waals surface area contributed by atoms with E-state index < -0.39 is 0 Å². The largest absolute Gasteiger partial charge is 0.378 e. The molecular weight excluding hydrogens is 260 g/mol. The highest BCUT2D eigenvalue weighted by molar-refractivity contribution is 5.82. The number of rotatable bonds is 3. The Kier molecular flexibility index (Phi) is 3.44. The number of aromatic nitrogens is 3. The first-order valence-corrected chi connectivity index (χ1v) is 6.90. The molecule has 0 saturated carbocycles. The first-order valence-electron chi connectivity index (χ1n) is 6.90. The molecule has 0 spiro atoms. The molecule has 3 rings (SSSR count). The van der Waals surface area contributed by atoms with Gasteiger partial charge < -0.3 is 4.90 Å². The number of H-pyrrole nitrogens is 1. The molecule has 0 aliphatic heterocycles. The maximum atomic E-state index is 4.48. The molecule has 1 aromatic carbocycles. The van der Waals surface area contributed by atoms with Gasteiger partial charge in [-0.3, -0.25) is 10.1 Å². The zero-order valence-corrected chi connectivity index (χ0v) is 12.5. The van der Waals surface area contributed by atoms with E-state index in [-0.39, 0.29) is 0 Å². The van der Waals surface area contributed by atoms with Crippen LogP contribution in [-0.4, -0.2) is 29.3 Å². The van der Waals surface area contributed by atoms with Crippen LogP contribution >= 0.6 is 0 Å². The Hall–Kier alpha value is -2.62. The van der Waals surface area contributed by atoms with Crippen molar-refractivity contribution in [3.05, 3.63) is 54.5 Å². The Morgan fingerprint density at radius 2 is 1.57 bits per heavy atom. The molecule has 4 heteroatoms. The fraction of sp³-hybridized carbons (Fsp3) is 0.176. The number of anilines is 1. The second kappa shape index (κ2) is 5.40. The van der Waals surface area contributed by atoms with Gasteiger partial charge in [-0.2, -0.15) is 5.10 Å². The monoisotopic (exact) mass is 278 g/mol. The molecule has 4 nitrogen and oxygen atoms in total. The third-order valence-corrected chi connectivity index (χ3v) is 3.57. The van der Waals surface area contributed by atoms with Gasteiger partial charge in [0.25, 0.3) is 0 Å². The average Bonchev–Trinajstić information content (AvgIpc) is 2.90. The van der Waals surface area contributed by atoms with Gasteiger partial charge in [-0.1, -0.05) is 12.1 Å². The van der Waals surface area contributed by atoms with E-state index in [1.807, 2.05) is 33.2 Å². The van der Waals surface area contributed by atoms with Crippen LogP contribution in [0.2, 0.25) is 0 Å². The standard InChI is InChI=1S/C17H18N4/c1-12-16(13-8-10-18-11-9-13)17(20-19-12)14-4-6-15(7-5-14)21(2)3/h4-11H,1-3H3,(H,19,20). The van der Waals surface area contributed by atoms with E-state index in [1.54, 1.807) is 12.4 Å². The lowest BCUT2D eigenvalue weighted by molar-refractivity contribution is 1.05. The van der Waals surface area contributed by atoms with Gasteiger partial charge in [0.15, 0.2) is 0 Å². The molecule has 21 heavy (non-hydrogen) atoms. The summed E-state index contributed by atoms with van der Waals surface area (Å²) in [6, 6.07) is 12.4. The van der Waals surface area contributed by atoms with Crippen molar-refractivity contribution in [2.75, 3.05) is 19.0 Å². The van der Waals surface area contributed by atoms with Crippen LogP contribution in [0.5, 0.6) is 0 Å². The lowest BCUT2D eigenvalue weighted by Gasteiger charge is -2.12. The van der Waals surface area contributed by atoms with Crippen LogP contribution in [0.3, 0.4) is 0 Å². The van der Waals surface area contributed by atoms with Crippen LogP contribution in [-0.2, 0) is 0 Å². The van der Waals surface area contributed by atoms with Crippen molar-refractivity contribution < 1.29 is 0 Å². The Morgan fingerprint density at radius 3 is 2.19 bits per heavy atom. The van der Waals surface area contributed by atoms with E-state index >= 15 is 0 Å². The van der Waals surface area contributed by atoms with Gasteiger partial charge in [-0.05, 0) is 36.8 Å². The molecule has 3 aromatic rings. The molecule has 0 fully saturated rings. The van der Waals surface area contributed by atoms with Crippen LogP contribution in [0.4, 0.5) is 5.69 Å². The lowest BCUT2D eigenvalue weighted by atomic mass is 10.00. The van der Waals surface area contributed by atoms with Crippen molar-refractivity contribution in [3.8, 4) is 22.4 Å². The number of aryl methyl sites for hydroxylation is 1. The first kappa shape index (κ1) is 13.4. The summed E-state index contributed by atoms with van der Waals surface area (Å²) in [6.07, 6.45) is 3.61. The van der Waals surface area contributed by atoms with E-state index in [2.05, 4.69) is 44.3 Å². The third kappa shape index (κ3) is 2.52. The van der Waals surface area contributed by atoms with Gasteiger partial charge >= 0.3 is 0 Å². The minimum absolute atomic E-state index is 0.976. The van der Waals surface area contributed by atoms with Crippen molar-refractivity contribution in [2.24, 2.45) is 0 Å². The number of benzene rings is 1. The van der Waals surface area contributed by atoms with Gasteiger partial charge in [0.2, 0.25) is 0 Å². The molecule has 2 heterocycles. The number of nitrogens with zero attached hydrogens (tertiary/aromatic N) is 3. The summed E-state index contributed by atoms with van der Waals surface area (Å²) in [5.74, 6) is 0. The number of hydrogen-bond donors (Lipinski definition) is 1. The van der Waals surface area contributed by atoms with Crippen LogP contribution in [0.1, 0.15) is 5.69 Å². The smallest absolute Gasteiger partial charge is 0.100 e. The van der Waals surface area contributed by atoms with E-state index in [0.29, 0.717) is 0 Å². The predicted octanol–water partition coefficient (Wildman–Crippen LogP) is 3.51. The third-order valence-electron chi connectivity index (χ3n) is 3.57. The summed E-state index contributed by atoms with van der Waals surface area (Å²) in [5, 5.41) is 7.57. The van der Waals surface area contributed by atoms with Gasteiger partial charge in [-0.15, -0.1) is 0 Å². The molecule has 0 amide bonds. The lowest BCUT2D eigenvalue weighted by Crippen LogP contribution is -2.07. The second-order valence-electron chi connectivity index (χ2n) is 5.25. The van der Waals surface area contributed by atoms with Crippen molar-refractivity contribution >= 4 is 5.69 Å². The van der Waals surface area contributed by atoms with Crippen molar-refractivity contribution in [1.29, 1.82) is 0 Å². The maximum absolute atomic E-state index is 4.48. The maximum Gasteiger partial charge on any atom is 0.100 e. The number of hydrogen-bond acceptors (Lipinski definition) is 3. The van der Waals surface area contributed by atoms with Crippen LogP contribution in [0, 0.1) is 6.92 Å². The molecule has 1 N–H and O–H groups in total.